The van der Waals surface area contributed by atoms with E-state index < -0.39 is 0 Å². The summed E-state index contributed by atoms with van der Waals surface area (Å²) in [4.78, 5) is 8.47. The second-order valence-electron chi connectivity index (χ2n) is 6.25. The molecule has 1 aliphatic carbocycles. The van der Waals surface area contributed by atoms with Crippen molar-refractivity contribution in [2.24, 2.45) is 16.6 Å². The Morgan fingerprint density at radius 2 is 2.20 bits per heavy atom. The van der Waals surface area contributed by atoms with Crippen molar-refractivity contribution in [3.8, 4) is 0 Å². The molecule has 20 heavy (non-hydrogen) atoms. The molecular formula is C14H25IN4O. The Balaban J connectivity index is 0.00000200. The third-order valence-electron chi connectivity index (χ3n) is 3.47. The average molecular weight is 392 g/mol. The highest BCUT2D eigenvalue weighted by Gasteiger charge is 2.19. The first-order valence-electron chi connectivity index (χ1n) is 6.94. The predicted octanol–water partition coefficient (Wildman–Crippen LogP) is 2.79. The van der Waals surface area contributed by atoms with Crippen LogP contribution in [0.4, 0.5) is 0 Å². The van der Waals surface area contributed by atoms with Crippen molar-refractivity contribution >= 4 is 29.9 Å². The first-order chi connectivity index (χ1) is 8.95. The standard InChI is InChI=1S/C14H24N4O.HI/c1-14(2,3)11-8-16-12(19-11)9-18-13(15)17-7-10-5-4-6-10;/h8,10H,4-7,9H2,1-3H3,(H3,15,17,18);1H. The highest BCUT2D eigenvalue weighted by molar-refractivity contribution is 14.0. The molecular weight excluding hydrogens is 367 g/mol. The van der Waals surface area contributed by atoms with Crippen molar-refractivity contribution in [3.05, 3.63) is 17.8 Å². The van der Waals surface area contributed by atoms with E-state index in [1.807, 2.05) is 0 Å². The van der Waals surface area contributed by atoms with E-state index in [0.717, 1.165) is 18.2 Å². The molecule has 1 saturated carbocycles. The zero-order valence-electron chi connectivity index (χ0n) is 12.5. The summed E-state index contributed by atoms with van der Waals surface area (Å²) in [7, 11) is 0. The Bertz CT molecular complexity index is 446. The van der Waals surface area contributed by atoms with Crippen LogP contribution < -0.4 is 11.1 Å². The fourth-order valence-electron chi connectivity index (χ4n) is 1.88. The van der Waals surface area contributed by atoms with E-state index in [0.29, 0.717) is 18.4 Å². The summed E-state index contributed by atoms with van der Waals surface area (Å²) in [6, 6.07) is 0. The number of rotatable bonds is 4. The van der Waals surface area contributed by atoms with Crippen molar-refractivity contribution < 1.29 is 4.42 Å². The van der Waals surface area contributed by atoms with Gasteiger partial charge in [0.15, 0.2) is 5.96 Å². The second-order valence-corrected chi connectivity index (χ2v) is 6.25. The first-order valence-corrected chi connectivity index (χ1v) is 6.94. The molecule has 0 amide bonds. The van der Waals surface area contributed by atoms with E-state index in [1.54, 1.807) is 6.20 Å². The van der Waals surface area contributed by atoms with Crippen molar-refractivity contribution in [2.75, 3.05) is 6.54 Å². The Morgan fingerprint density at radius 3 is 2.70 bits per heavy atom. The summed E-state index contributed by atoms with van der Waals surface area (Å²) < 4.78 is 5.65. The van der Waals surface area contributed by atoms with Crippen LogP contribution in [0.3, 0.4) is 0 Å². The fraction of sp³-hybridized carbons (Fsp3) is 0.714. The number of nitrogens with two attached hydrogens (primary N) is 1. The van der Waals surface area contributed by atoms with E-state index in [4.69, 9.17) is 10.2 Å². The highest BCUT2D eigenvalue weighted by atomic mass is 127. The molecule has 0 radical (unpaired) electrons. The van der Waals surface area contributed by atoms with Crippen LogP contribution in [-0.4, -0.2) is 17.5 Å². The van der Waals surface area contributed by atoms with Gasteiger partial charge in [-0.1, -0.05) is 27.2 Å². The molecule has 1 aromatic rings. The average Bonchev–Trinajstić information content (AvgIpc) is 2.72. The van der Waals surface area contributed by atoms with Gasteiger partial charge in [-0.15, -0.1) is 24.0 Å². The maximum atomic E-state index is 5.81. The van der Waals surface area contributed by atoms with Gasteiger partial charge in [0.05, 0.1) is 6.20 Å². The van der Waals surface area contributed by atoms with Gasteiger partial charge in [-0.3, -0.25) is 0 Å². The second kappa shape index (κ2) is 7.28. The summed E-state index contributed by atoms with van der Waals surface area (Å²) in [5, 5.41) is 3.15. The minimum absolute atomic E-state index is 0. The van der Waals surface area contributed by atoms with Crippen molar-refractivity contribution in [1.82, 2.24) is 10.3 Å². The molecule has 0 saturated heterocycles. The number of guanidine groups is 1. The topological polar surface area (TPSA) is 76.4 Å². The molecule has 5 nitrogen and oxygen atoms in total. The van der Waals surface area contributed by atoms with Crippen molar-refractivity contribution in [1.29, 1.82) is 0 Å². The molecule has 1 fully saturated rings. The lowest BCUT2D eigenvalue weighted by atomic mass is 9.85. The molecule has 1 heterocycles. The Labute approximate surface area is 137 Å². The van der Waals surface area contributed by atoms with Crippen LogP contribution in [0.1, 0.15) is 51.7 Å². The smallest absolute Gasteiger partial charge is 0.216 e. The van der Waals surface area contributed by atoms with Crippen LogP contribution in [0.2, 0.25) is 0 Å². The molecule has 0 aromatic carbocycles. The zero-order chi connectivity index (χ0) is 13.9. The Morgan fingerprint density at radius 1 is 1.50 bits per heavy atom. The number of hydrogen-bond donors (Lipinski definition) is 2. The summed E-state index contributed by atoms with van der Waals surface area (Å²) in [5.74, 6) is 2.72. The summed E-state index contributed by atoms with van der Waals surface area (Å²) in [6.45, 7) is 7.59. The molecule has 0 atom stereocenters. The maximum Gasteiger partial charge on any atom is 0.216 e. The van der Waals surface area contributed by atoms with E-state index in [2.05, 4.69) is 36.1 Å². The normalized spacial score (nSPS) is 16.4. The minimum Gasteiger partial charge on any atom is -0.443 e. The fourth-order valence-corrected chi connectivity index (χ4v) is 1.88. The van der Waals surface area contributed by atoms with Gasteiger partial charge in [-0.05, 0) is 18.8 Å². The minimum atomic E-state index is -0.0248. The largest absolute Gasteiger partial charge is 0.443 e. The number of aromatic nitrogens is 1. The monoisotopic (exact) mass is 392 g/mol. The maximum absolute atomic E-state index is 5.81. The molecule has 2 rings (SSSR count). The lowest BCUT2D eigenvalue weighted by Crippen LogP contribution is -2.37. The van der Waals surface area contributed by atoms with Gasteiger partial charge in [-0.25, -0.2) is 9.98 Å². The Hall–Kier alpha value is -0.790. The van der Waals surface area contributed by atoms with Crippen molar-refractivity contribution in [3.63, 3.8) is 0 Å². The van der Waals surface area contributed by atoms with Gasteiger partial charge in [0.2, 0.25) is 5.89 Å². The molecule has 0 bridgehead atoms. The molecule has 0 aliphatic heterocycles. The number of nitrogens with one attached hydrogen (secondary N) is 1. The molecule has 0 spiro atoms. The summed E-state index contributed by atoms with van der Waals surface area (Å²) in [6.07, 6.45) is 5.71. The van der Waals surface area contributed by atoms with Gasteiger partial charge in [-0.2, -0.15) is 0 Å². The molecule has 6 heteroatoms. The third kappa shape index (κ3) is 4.96. The first kappa shape index (κ1) is 17.3. The summed E-state index contributed by atoms with van der Waals surface area (Å²) in [5.41, 5.74) is 5.79. The quantitative estimate of drug-likeness (QED) is 0.469. The van der Waals surface area contributed by atoms with Crippen molar-refractivity contribution in [2.45, 2.75) is 52.0 Å². The zero-order valence-corrected chi connectivity index (χ0v) is 14.8. The molecule has 0 unspecified atom stereocenters. The van der Waals surface area contributed by atoms with Crippen LogP contribution in [-0.2, 0) is 12.0 Å². The third-order valence-corrected chi connectivity index (χ3v) is 3.47. The number of aliphatic imine (C=N–C) groups is 1. The van der Waals surface area contributed by atoms with E-state index >= 15 is 0 Å². The molecule has 1 aliphatic rings. The number of nitrogens with zero attached hydrogens (tertiary/aromatic N) is 2. The van der Waals surface area contributed by atoms with Gasteiger partial charge in [0.1, 0.15) is 12.3 Å². The Kier molecular flexibility index (Phi) is 6.29. The summed E-state index contributed by atoms with van der Waals surface area (Å²) >= 11 is 0. The van der Waals surface area contributed by atoms with Gasteiger partial charge in [0.25, 0.3) is 0 Å². The highest BCUT2D eigenvalue weighted by Crippen LogP contribution is 2.25. The number of halogens is 1. The van der Waals surface area contributed by atoms with Crippen LogP contribution in [0.15, 0.2) is 15.6 Å². The SMILES string of the molecule is CC(C)(C)c1cnc(CN=C(N)NCC2CCC2)o1.I. The lowest BCUT2D eigenvalue weighted by molar-refractivity contribution is 0.315. The van der Waals surface area contributed by atoms with Gasteiger partial charge >= 0.3 is 0 Å². The molecule has 114 valence electrons. The number of hydrogen-bond acceptors (Lipinski definition) is 3. The van der Waals surface area contributed by atoms with Gasteiger partial charge < -0.3 is 15.5 Å². The number of oxazole rings is 1. The van der Waals surface area contributed by atoms with E-state index in [-0.39, 0.29) is 29.4 Å². The molecule has 3 N–H and O–H groups in total. The van der Waals surface area contributed by atoms with Crippen LogP contribution in [0.5, 0.6) is 0 Å². The van der Waals surface area contributed by atoms with E-state index in [9.17, 15) is 0 Å². The van der Waals surface area contributed by atoms with Crippen LogP contribution >= 0.6 is 24.0 Å². The van der Waals surface area contributed by atoms with Gasteiger partial charge in [0, 0.05) is 12.0 Å². The molecule has 1 aromatic heterocycles. The lowest BCUT2D eigenvalue weighted by Gasteiger charge is -2.25. The predicted molar refractivity (Wildman–Crippen MR) is 91.3 cm³/mol. The van der Waals surface area contributed by atoms with E-state index in [1.165, 1.54) is 19.3 Å². The van der Waals surface area contributed by atoms with Crippen LogP contribution in [0, 0.1) is 5.92 Å². The van der Waals surface area contributed by atoms with Crippen LogP contribution in [0.25, 0.3) is 0 Å².